The Bertz CT molecular complexity index is 494. The maximum atomic E-state index is 11.9. The quantitative estimate of drug-likeness (QED) is 0.770. The Kier molecular flexibility index (Phi) is 3.36. The first-order chi connectivity index (χ1) is 8.49. The van der Waals surface area contributed by atoms with Gasteiger partial charge in [0.15, 0.2) is 12.4 Å². The second-order valence-electron chi connectivity index (χ2n) is 4.93. The molecule has 0 spiro atoms. The molecule has 0 bridgehead atoms. The summed E-state index contributed by atoms with van der Waals surface area (Å²) in [5, 5.41) is 0. The molecular weight excluding hydrogens is 230 g/mol. The zero-order valence-corrected chi connectivity index (χ0v) is 10.9. The molecule has 1 aromatic carbocycles. The van der Waals surface area contributed by atoms with E-state index in [0.29, 0.717) is 29.5 Å². The van der Waals surface area contributed by atoms with Gasteiger partial charge in [0.25, 0.3) is 5.91 Å². The van der Waals surface area contributed by atoms with Gasteiger partial charge in [-0.1, -0.05) is 13.8 Å². The number of carbonyl (C=O) groups excluding carboxylic acids is 2. The van der Waals surface area contributed by atoms with Crippen LogP contribution in [-0.2, 0) is 4.79 Å². The number of fused-ring (bicyclic) bond motifs is 1. The van der Waals surface area contributed by atoms with Gasteiger partial charge in [0.05, 0.1) is 5.69 Å². The van der Waals surface area contributed by atoms with Gasteiger partial charge in [0.1, 0.15) is 5.75 Å². The molecule has 1 aromatic rings. The lowest BCUT2D eigenvalue weighted by atomic mass is 10.1. The van der Waals surface area contributed by atoms with Crippen LogP contribution in [-0.4, -0.2) is 24.8 Å². The number of ether oxygens (including phenoxy) is 1. The summed E-state index contributed by atoms with van der Waals surface area (Å²) in [5.41, 5.74) is 1.30. The fourth-order valence-electron chi connectivity index (χ4n) is 1.99. The van der Waals surface area contributed by atoms with Crippen LogP contribution in [0.3, 0.4) is 0 Å². The summed E-state index contributed by atoms with van der Waals surface area (Å²) in [6.07, 6.45) is 0. The molecule has 2 rings (SSSR count). The molecule has 0 N–H and O–H groups in total. The molecule has 0 fully saturated rings. The van der Waals surface area contributed by atoms with Crippen LogP contribution in [0.4, 0.5) is 5.69 Å². The zero-order valence-electron chi connectivity index (χ0n) is 10.9. The van der Waals surface area contributed by atoms with E-state index < -0.39 is 0 Å². The fourth-order valence-corrected chi connectivity index (χ4v) is 1.99. The summed E-state index contributed by atoms with van der Waals surface area (Å²) >= 11 is 0. The number of benzene rings is 1. The van der Waals surface area contributed by atoms with Gasteiger partial charge in [-0.25, -0.2) is 0 Å². The van der Waals surface area contributed by atoms with E-state index in [0.717, 1.165) is 0 Å². The van der Waals surface area contributed by atoms with Gasteiger partial charge >= 0.3 is 0 Å². The lowest BCUT2D eigenvalue weighted by Crippen LogP contribution is -2.41. The Balaban J connectivity index is 2.43. The van der Waals surface area contributed by atoms with Gasteiger partial charge in [-0.2, -0.15) is 0 Å². The molecule has 0 aromatic heterocycles. The van der Waals surface area contributed by atoms with Gasteiger partial charge in [-0.05, 0) is 31.0 Å². The van der Waals surface area contributed by atoms with Crippen LogP contribution in [0.5, 0.6) is 5.75 Å². The van der Waals surface area contributed by atoms with E-state index in [1.807, 2.05) is 0 Å². The van der Waals surface area contributed by atoms with Crippen molar-refractivity contribution in [1.29, 1.82) is 0 Å². The molecule has 1 aliphatic rings. The SMILES string of the molecule is CC(=O)c1ccc2c(c1)N(CC(C)C)C(=O)CO2. The Morgan fingerprint density at radius 2 is 2.17 bits per heavy atom. The van der Waals surface area contributed by atoms with Crippen molar-refractivity contribution in [3.8, 4) is 5.75 Å². The topological polar surface area (TPSA) is 46.6 Å². The first-order valence-electron chi connectivity index (χ1n) is 6.07. The number of rotatable bonds is 3. The number of Topliss-reactive ketones (excluding diaryl/α,β-unsaturated/α-hetero) is 1. The number of carbonyl (C=O) groups is 2. The lowest BCUT2D eigenvalue weighted by Gasteiger charge is -2.30. The highest BCUT2D eigenvalue weighted by molar-refractivity contribution is 6.01. The predicted molar refractivity (Wildman–Crippen MR) is 69.1 cm³/mol. The van der Waals surface area contributed by atoms with Crippen molar-refractivity contribution in [3.05, 3.63) is 23.8 Å². The van der Waals surface area contributed by atoms with E-state index in [9.17, 15) is 9.59 Å². The first kappa shape index (κ1) is 12.6. The summed E-state index contributed by atoms with van der Waals surface area (Å²) in [7, 11) is 0. The Hall–Kier alpha value is -1.84. The third-order valence-electron chi connectivity index (χ3n) is 2.86. The molecule has 0 saturated heterocycles. The average molecular weight is 247 g/mol. The van der Waals surface area contributed by atoms with Gasteiger partial charge in [0, 0.05) is 12.1 Å². The van der Waals surface area contributed by atoms with E-state index in [2.05, 4.69) is 13.8 Å². The Morgan fingerprint density at radius 1 is 1.44 bits per heavy atom. The number of hydrogen-bond donors (Lipinski definition) is 0. The van der Waals surface area contributed by atoms with Crippen LogP contribution < -0.4 is 9.64 Å². The maximum Gasteiger partial charge on any atom is 0.265 e. The van der Waals surface area contributed by atoms with Crippen molar-refractivity contribution < 1.29 is 14.3 Å². The lowest BCUT2D eigenvalue weighted by molar-refractivity contribution is -0.121. The summed E-state index contributed by atoms with van der Waals surface area (Å²) in [5.74, 6) is 0.957. The second-order valence-corrected chi connectivity index (χ2v) is 4.93. The Morgan fingerprint density at radius 3 is 2.78 bits per heavy atom. The summed E-state index contributed by atoms with van der Waals surface area (Å²) < 4.78 is 5.38. The normalized spacial score (nSPS) is 14.4. The minimum absolute atomic E-state index is 0.0136. The third-order valence-corrected chi connectivity index (χ3v) is 2.86. The van der Waals surface area contributed by atoms with E-state index >= 15 is 0 Å². The number of anilines is 1. The molecule has 4 heteroatoms. The van der Waals surface area contributed by atoms with E-state index in [4.69, 9.17) is 4.74 Å². The largest absolute Gasteiger partial charge is 0.482 e. The predicted octanol–water partition coefficient (Wildman–Crippen LogP) is 2.27. The number of amides is 1. The van der Waals surface area contributed by atoms with Crippen molar-refractivity contribution in [1.82, 2.24) is 0 Å². The molecule has 0 radical (unpaired) electrons. The molecule has 4 nitrogen and oxygen atoms in total. The highest BCUT2D eigenvalue weighted by Gasteiger charge is 2.26. The van der Waals surface area contributed by atoms with Crippen molar-refractivity contribution in [3.63, 3.8) is 0 Å². The summed E-state index contributed by atoms with van der Waals surface area (Å²) in [4.78, 5) is 25.0. The molecule has 1 aliphatic heterocycles. The summed E-state index contributed by atoms with van der Waals surface area (Å²) in [6, 6.07) is 5.22. The third kappa shape index (κ3) is 2.37. The van der Waals surface area contributed by atoms with Crippen molar-refractivity contribution in [2.45, 2.75) is 20.8 Å². The van der Waals surface area contributed by atoms with Crippen LogP contribution in [0.2, 0.25) is 0 Å². The van der Waals surface area contributed by atoms with Crippen LogP contribution in [0, 0.1) is 5.92 Å². The van der Waals surface area contributed by atoms with Gasteiger partial charge < -0.3 is 9.64 Å². The van der Waals surface area contributed by atoms with E-state index in [1.54, 1.807) is 23.1 Å². The number of hydrogen-bond acceptors (Lipinski definition) is 3. The van der Waals surface area contributed by atoms with Crippen LogP contribution >= 0.6 is 0 Å². The first-order valence-corrected chi connectivity index (χ1v) is 6.07. The standard InChI is InChI=1S/C14H17NO3/c1-9(2)7-15-12-6-11(10(3)16)4-5-13(12)18-8-14(15)17/h4-6,9H,7-8H2,1-3H3. The minimum Gasteiger partial charge on any atom is -0.482 e. The fraction of sp³-hybridized carbons (Fsp3) is 0.429. The molecule has 0 saturated carbocycles. The van der Waals surface area contributed by atoms with Crippen LogP contribution in [0.1, 0.15) is 31.1 Å². The molecule has 0 aliphatic carbocycles. The highest BCUT2D eigenvalue weighted by atomic mass is 16.5. The molecule has 1 amide bonds. The second kappa shape index (κ2) is 4.80. The average Bonchev–Trinajstić information content (AvgIpc) is 2.31. The van der Waals surface area contributed by atoms with Gasteiger partial charge in [-0.3, -0.25) is 9.59 Å². The van der Waals surface area contributed by atoms with Crippen molar-refractivity contribution in [2.24, 2.45) is 5.92 Å². The van der Waals surface area contributed by atoms with Crippen LogP contribution in [0.25, 0.3) is 0 Å². The Labute approximate surface area is 107 Å². The van der Waals surface area contributed by atoms with Gasteiger partial charge in [-0.15, -0.1) is 0 Å². The van der Waals surface area contributed by atoms with Crippen molar-refractivity contribution in [2.75, 3.05) is 18.1 Å². The maximum absolute atomic E-state index is 11.9. The minimum atomic E-state index is -0.0584. The summed E-state index contributed by atoms with van der Waals surface area (Å²) in [6.45, 7) is 6.32. The van der Waals surface area contributed by atoms with Crippen LogP contribution in [0.15, 0.2) is 18.2 Å². The molecule has 96 valence electrons. The molecule has 18 heavy (non-hydrogen) atoms. The number of nitrogens with zero attached hydrogens (tertiary/aromatic N) is 1. The monoisotopic (exact) mass is 247 g/mol. The van der Waals surface area contributed by atoms with E-state index in [-0.39, 0.29) is 18.3 Å². The highest BCUT2D eigenvalue weighted by Crippen LogP contribution is 2.33. The smallest absolute Gasteiger partial charge is 0.265 e. The van der Waals surface area contributed by atoms with Crippen molar-refractivity contribution >= 4 is 17.4 Å². The zero-order chi connectivity index (χ0) is 13.3. The molecule has 0 atom stereocenters. The molecule has 0 unspecified atom stereocenters. The van der Waals surface area contributed by atoms with E-state index in [1.165, 1.54) is 6.92 Å². The molecule has 1 heterocycles. The number of ketones is 1. The van der Waals surface area contributed by atoms with Gasteiger partial charge in [0.2, 0.25) is 0 Å². The molecular formula is C14H17NO3.